The Balaban J connectivity index is 1.65. The van der Waals surface area contributed by atoms with Crippen molar-refractivity contribution in [2.45, 2.75) is 31.3 Å². The molecule has 2 atom stereocenters. The molecule has 0 radical (unpaired) electrons. The van der Waals surface area contributed by atoms with E-state index in [1.54, 1.807) is 0 Å². The van der Waals surface area contributed by atoms with Gasteiger partial charge >= 0.3 is 0 Å². The average molecular weight is 238 g/mol. The summed E-state index contributed by atoms with van der Waals surface area (Å²) < 4.78 is 0. The molecule has 3 fully saturated rings. The van der Waals surface area contributed by atoms with E-state index < -0.39 is 0 Å². The van der Waals surface area contributed by atoms with E-state index in [9.17, 15) is 0 Å². The molecule has 3 saturated heterocycles. The molecule has 3 aliphatic rings. The van der Waals surface area contributed by atoms with Crippen LogP contribution in [-0.4, -0.2) is 62.8 Å². The van der Waals surface area contributed by atoms with Crippen LogP contribution in [0.1, 0.15) is 19.3 Å². The minimum Gasteiger partial charge on any atom is -0.317 e. The standard InChI is InChI=1S/C13H26N4/c1-4-15-9-11(1)13-10-16-7-8-17(13)12-2-5-14-6-3-12/h11-16H,1-10H2. The van der Waals surface area contributed by atoms with Crippen molar-refractivity contribution in [2.75, 3.05) is 45.8 Å². The Bertz CT molecular complexity index is 234. The van der Waals surface area contributed by atoms with Gasteiger partial charge < -0.3 is 16.0 Å². The van der Waals surface area contributed by atoms with Crippen molar-refractivity contribution in [3.8, 4) is 0 Å². The van der Waals surface area contributed by atoms with Crippen LogP contribution in [0.4, 0.5) is 0 Å². The first-order chi connectivity index (χ1) is 8.45. The molecule has 3 rings (SSSR count). The molecular weight excluding hydrogens is 212 g/mol. The van der Waals surface area contributed by atoms with Gasteiger partial charge in [0.15, 0.2) is 0 Å². The molecule has 3 aliphatic heterocycles. The number of nitrogens with zero attached hydrogens (tertiary/aromatic N) is 1. The second-order valence-electron chi connectivity index (χ2n) is 5.74. The molecule has 4 nitrogen and oxygen atoms in total. The molecule has 98 valence electrons. The van der Waals surface area contributed by atoms with Crippen molar-refractivity contribution >= 4 is 0 Å². The van der Waals surface area contributed by atoms with Crippen LogP contribution in [0.5, 0.6) is 0 Å². The lowest BCUT2D eigenvalue weighted by atomic mass is 9.92. The van der Waals surface area contributed by atoms with Gasteiger partial charge in [-0.1, -0.05) is 0 Å². The summed E-state index contributed by atoms with van der Waals surface area (Å²) >= 11 is 0. The van der Waals surface area contributed by atoms with Crippen LogP contribution < -0.4 is 16.0 Å². The summed E-state index contributed by atoms with van der Waals surface area (Å²) in [5.74, 6) is 0.873. The zero-order valence-electron chi connectivity index (χ0n) is 10.8. The molecule has 3 heterocycles. The van der Waals surface area contributed by atoms with E-state index in [1.165, 1.54) is 65.1 Å². The molecule has 0 aromatic rings. The van der Waals surface area contributed by atoms with Crippen molar-refractivity contribution in [1.82, 2.24) is 20.9 Å². The van der Waals surface area contributed by atoms with Crippen molar-refractivity contribution in [3.05, 3.63) is 0 Å². The highest BCUT2D eigenvalue weighted by Gasteiger charge is 2.35. The van der Waals surface area contributed by atoms with E-state index >= 15 is 0 Å². The molecule has 0 aliphatic carbocycles. The Hall–Kier alpha value is -0.160. The highest BCUT2D eigenvalue weighted by Crippen LogP contribution is 2.24. The Kier molecular flexibility index (Phi) is 3.96. The fourth-order valence-corrected chi connectivity index (χ4v) is 3.78. The summed E-state index contributed by atoms with van der Waals surface area (Å²) in [5, 5.41) is 10.6. The summed E-state index contributed by atoms with van der Waals surface area (Å²) in [6, 6.07) is 1.62. The quantitative estimate of drug-likeness (QED) is 0.613. The molecular formula is C13H26N4. The fourth-order valence-electron chi connectivity index (χ4n) is 3.78. The van der Waals surface area contributed by atoms with Crippen molar-refractivity contribution in [3.63, 3.8) is 0 Å². The van der Waals surface area contributed by atoms with Gasteiger partial charge in [-0.3, -0.25) is 4.90 Å². The third kappa shape index (κ3) is 2.65. The summed E-state index contributed by atoms with van der Waals surface area (Å²) in [6.45, 7) is 8.52. The second kappa shape index (κ2) is 5.65. The Morgan fingerprint density at radius 2 is 1.53 bits per heavy atom. The maximum atomic E-state index is 3.60. The largest absolute Gasteiger partial charge is 0.317 e. The molecule has 0 spiro atoms. The topological polar surface area (TPSA) is 39.3 Å². The molecule has 4 heteroatoms. The van der Waals surface area contributed by atoms with Gasteiger partial charge in [-0.05, 0) is 51.4 Å². The van der Waals surface area contributed by atoms with Gasteiger partial charge in [0.05, 0.1) is 0 Å². The van der Waals surface area contributed by atoms with Gasteiger partial charge in [0, 0.05) is 31.7 Å². The molecule has 0 saturated carbocycles. The van der Waals surface area contributed by atoms with Crippen molar-refractivity contribution < 1.29 is 0 Å². The normalized spacial score (nSPS) is 37.4. The van der Waals surface area contributed by atoms with E-state index in [2.05, 4.69) is 20.9 Å². The van der Waals surface area contributed by atoms with Crippen LogP contribution in [-0.2, 0) is 0 Å². The smallest absolute Gasteiger partial charge is 0.0264 e. The zero-order valence-corrected chi connectivity index (χ0v) is 10.8. The van der Waals surface area contributed by atoms with Crippen LogP contribution in [0, 0.1) is 5.92 Å². The van der Waals surface area contributed by atoms with Gasteiger partial charge in [-0.25, -0.2) is 0 Å². The number of hydrogen-bond acceptors (Lipinski definition) is 4. The fraction of sp³-hybridized carbons (Fsp3) is 1.00. The number of piperidine rings is 1. The summed E-state index contributed by atoms with van der Waals surface area (Å²) in [4.78, 5) is 2.83. The molecule has 2 unspecified atom stereocenters. The molecule has 0 aromatic carbocycles. The highest BCUT2D eigenvalue weighted by molar-refractivity contribution is 4.93. The summed E-state index contributed by atoms with van der Waals surface area (Å²) in [6.07, 6.45) is 4.06. The van der Waals surface area contributed by atoms with Gasteiger partial charge in [0.1, 0.15) is 0 Å². The number of hydrogen-bond donors (Lipinski definition) is 3. The first-order valence-electron chi connectivity index (χ1n) is 7.33. The van der Waals surface area contributed by atoms with Gasteiger partial charge in [0.25, 0.3) is 0 Å². The van der Waals surface area contributed by atoms with Crippen LogP contribution in [0.15, 0.2) is 0 Å². The van der Waals surface area contributed by atoms with E-state index in [-0.39, 0.29) is 0 Å². The highest BCUT2D eigenvalue weighted by atomic mass is 15.3. The predicted octanol–water partition coefficient (Wildman–Crippen LogP) is -0.378. The SMILES string of the molecule is C1CC(N2CCNCC2C2CCNC2)CCN1. The molecule has 3 N–H and O–H groups in total. The van der Waals surface area contributed by atoms with E-state index in [0.29, 0.717) is 0 Å². The Morgan fingerprint density at radius 1 is 0.765 bits per heavy atom. The average Bonchev–Trinajstić information content (AvgIpc) is 2.94. The lowest BCUT2D eigenvalue weighted by molar-refractivity contribution is 0.0571. The van der Waals surface area contributed by atoms with E-state index in [0.717, 1.165) is 18.0 Å². The Morgan fingerprint density at radius 3 is 2.29 bits per heavy atom. The van der Waals surface area contributed by atoms with Gasteiger partial charge in [-0.2, -0.15) is 0 Å². The lowest BCUT2D eigenvalue weighted by Gasteiger charge is -2.45. The minimum absolute atomic E-state index is 0.779. The Labute approximate surface area is 105 Å². The number of nitrogens with one attached hydrogen (secondary N) is 3. The van der Waals surface area contributed by atoms with Crippen LogP contribution in [0.2, 0.25) is 0 Å². The lowest BCUT2D eigenvalue weighted by Crippen LogP contribution is -2.59. The monoisotopic (exact) mass is 238 g/mol. The predicted molar refractivity (Wildman–Crippen MR) is 70.2 cm³/mol. The molecule has 0 amide bonds. The van der Waals surface area contributed by atoms with Gasteiger partial charge in [0.2, 0.25) is 0 Å². The molecule has 0 bridgehead atoms. The van der Waals surface area contributed by atoms with E-state index in [1.807, 2.05) is 0 Å². The van der Waals surface area contributed by atoms with Crippen molar-refractivity contribution in [1.29, 1.82) is 0 Å². The minimum atomic E-state index is 0.779. The maximum absolute atomic E-state index is 3.60. The maximum Gasteiger partial charge on any atom is 0.0264 e. The van der Waals surface area contributed by atoms with Crippen molar-refractivity contribution in [2.24, 2.45) is 5.92 Å². The summed E-state index contributed by atoms with van der Waals surface area (Å²) in [7, 11) is 0. The van der Waals surface area contributed by atoms with Gasteiger partial charge in [-0.15, -0.1) is 0 Å². The zero-order chi connectivity index (χ0) is 11.5. The summed E-state index contributed by atoms with van der Waals surface area (Å²) in [5.41, 5.74) is 0. The van der Waals surface area contributed by atoms with Crippen LogP contribution in [0.25, 0.3) is 0 Å². The third-order valence-electron chi connectivity index (χ3n) is 4.75. The van der Waals surface area contributed by atoms with Crippen LogP contribution >= 0.6 is 0 Å². The number of piperazine rings is 1. The van der Waals surface area contributed by atoms with E-state index in [4.69, 9.17) is 0 Å². The van der Waals surface area contributed by atoms with Crippen LogP contribution in [0.3, 0.4) is 0 Å². The number of rotatable bonds is 2. The second-order valence-corrected chi connectivity index (χ2v) is 5.74. The first kappa shape index (κ1) is 11.9. The molecule has 0 aromatic heterocycles. The first-order valence-corrected chi connectivity index (χ1v) is 7.33. The third-order valence-corrected chi connectivity index (χ3v) is 4.75. The molecule has 17 heavy (non-hydrogen) atoms.